The summed E-state index contributed by atoms with van der Waals surface area (Å²) in [7, 11) is 1.28. The monoisotopic (exact) mass is 271 g/mol. The Hall–Kier alpha value is -0.820. The molecule has 0 heterocycles. The highest BCUT2D eigenvalue weighted by atomic mass is 19.4. The number of halogens is 3. The van der Waals surface area contributed by atoms with Crippen LogP contribution in [0, 0.1) is 5.92 Å². The minimum atomic E-state index is -4.32. The van der Waals surface area contributed by atoms with Crippen molar-refractivity contribution in [2.45, 2.75) is 32.5 Å². The SMILES string of the molecule is COC(=O)C(CC(C)C)NCCOCC(F)(F)F. The van der Waals surface area contributed by atoms with Crippen LogP contribution in [0.5, 0.6) is 0 Å². The van der Waals surface area contributed by atoms with Crippen LogP contribution in [0.25, 0.3) is 0 Å². The van der Waals surface area contributed by atoms with Gasteiger partial charge in [-0.3, -0.25) is 4.79 Å². The Labute approximate surface area is 105 Å². The van der Waals surface area contributed by atoms with E-state index in [1.165, 1.54) is 7.11 Å². The number of alkyl halides is 3. The zero-order valence-corrected chi connectivity index (χ0v) is 10.8. The van der Waals surface area contributed by atoms with Gasteiger partial charge in [0.1, 0.15) is 12.6 Å². The summed E-state index contributed by atoms with van der Waals surface area (Å²) >= 11 is 0. The average Bonchev–Trinajstić information content (AvgIpc) is 2.24. The third-order valence-electron chi connectivity index (χ3n) is 2.10. The zero-order chi connectivity index (χ0) is 14.2. The summed E-state index contributed by atoms with van der Waals surface area (Å²) in [5.41, 5.74) is 0. The van der Waals surface area contributed by atoms with Gasteiger partial charge in [-0.05, 0) is 12.3 Å². The first-order valence-corrected chi connectivity index (χ1v) is 5.72. The molecule has 108 valence electrons. The molecule has 1 unspecified atom stereocenters. The van der Waals surface area contributed by atoms with Crippen molar-refractivity contribution in [3.05, 3.63) is 0 Å². The quantitative estimate of drug-likeness (QED) is 0.539. The molecule has 0 fully saturated rings. The molecule has 7 heteroatoms. The Morgan fingerprint density at radius 1 is 1.33 bits per heavy atom. The Kier molecular flexibility index (Phi) is 7.93. The molecular formula is C11H20F3NO3. The Bertz CT molecular complexity index is 244. The first-order valence-electron chi connectivity index (χ1n) is 5.72. The molecule has 18 heavy (non-hydrogen) atoms. The summed E-state index contributed by atoms with van der Waals surface area (Å²) in [6, 6.07) is -0.510. The van der Waals surface area contributed by atoms with E-state index in [9.17, 15) is 18.0 Å². The van der Waals surface area contributed by atoms with Crippen molar-refractivity contribution in [3.8, 4) is 0 Å². The van der Waals surface area contributed by atoms with E-state index >= 15 is 0 Å². The first kappa shape index (κ1) is 17.2. The van der Waals surface area contributed by atoms with Crippen molar-refractivity contribution in [1.82, 2.24) is 5.32 Å². The van der Waals surface area contributed by atoms with E-state index in [2.05, 4.69) is 14.8 Å². The molecule has 0 aromatic heterocycles. The molecule has 1 N–H and O–H groups in total. The summed E-state index contributed by atoms with van der Waals surface area (Å²) in [6.45, 7) is 2.67. The van der Waals surface area contributed by atoms with Crippen molar-refractivity contribution in [2.24, 2.45) is 5.92 Å². The standard InChI is InChI=1S/C11H20F3NO3/c1-8(2)6-9(10(16)17-3)15-4-5-18-7-11(12,13)14/h8-9,15H,4-7H2,1-3H3. The molecule has 4 nitrogen and oxygen atoms in total. The molecule has 0 aromatic rings. The summed E-state index contributed by atoms with van der Waals surface area (Å²) in [5.74, 6) is -0.141. The van der Waals surface area contributed by atoms with E-state index < -0.39 is 24.8 Å². The molecule has 0 saturated carbocycles. The second kappa shape index (κ2) is 8.31. The van der Waals surface area contributed by atoms with Crippen molar-refractivity contribution < 1.29 is 27.4 Å². The van der Waals surface area contributed by atoms with Crippen LogP contribution in [0.3, 0.4) is 0 Å². The fourth-order valence-electron chi connectivity index (χ4n) is 1.37. The van der Waals surface area contributed by atoms with Gasteiger partial charge in [-0.25, -0.2) is 0 Å². The molecule has 0 saturated heterocycles. The molecule has 0 aliphatic rings. The largest absolute Gasteiger partial charge is 0.468 e. The summed E-state index contributed by atoms with van der Waals surface area (Å²) in [5, 5.41) is 2.82. The number of methoxy groups -OCH3 is 1. The maximum atomic E-state index is 11.8. The van der Waals surface area contributed by atoms with E-state index in [-0.39, 0.29) is 19.1 Å². The molecule has 0 aromatic carbocycles. The molecule has 1 atom stereocenters. The maximum absolute atomic E-state index is 11.8. The van der Waals surface area contributed by atoms with Crippen molar-refractivity contribution in [1.29, 1.82) is 0 Å². The molecule has 0 bridgehead atoms. The van der Waals surface area contributed by atoms with E-state index in [1.807, 2.05) is 13.8 Å². The number of carbonyl (C=O) groups excluding carboxylic acids is 1. The zero-order valence-electron chi connectivity index (χ0n) is 10.8. The van der Waals surface area contributed by atoms with Crippen LogP contribution in [0.2, 0.25) is 0 Å². The second-order valence-electron chi connectivity index (χ2n) is 4.33. The second-order valence-corrected chi connectivity index (χ2v) is 4.33. The maximum Gasteiger partial charge on any atom is 0.411 e. The van der Waals surface area contributed by atoms with Crippen LogP contribution in [-0.4, -0.2) is 45.1 Å². The molecule has 0 spiro atoms. The van der Waals surface area contributed by atoms with Gasteiger partial charge in [0.25, 0.3) is 0 Å². The summed E-state index contributed by atoms with van der Waals surface area (Å²) in [6.07, 6.45) is -3.76. The van der Waals surface area contributed by atoms with Gasteiger partial charge in [-0.1, -0.05) is 13.8 Å². The number of hydrogen-bond donors (Lipinski definition) is 1. The van der Waals surface area contributed by atoms with Gasteiger partial charge in [0.2, 0.25) is 0 Å². The number of esters is 1. The van der Waals surface area contributed by atoms with Gasteiger partial charge < -0.3 is 14.8 Å². The van der Waals surface area contributed by atoms with Crippen LogP contribution in [0.1, 0.15) is 20.3 Å². The third kappa shape index (κ3) is 9.23. The molecule has 0 radical (unpaired) electrons. The van der Waals surface area contributed by atoms with Gasteiger partial charge in [0.15, 0.2) is 0 Å². The lowest BCUT2D eigenvalue weighted by atomic mass is 10.0. The number of nitrogens with one attached hydrogen (secondary N) is 1. The highest BCUT2D eigenvalue weighted by Crippen LogP contribution is 2.14. The molecular weight excluding hydrogens is 251 g/mol. The van der Waals surface area contributed by atoms with Gasteiger partial charge in [0, 0.05) is 6.54 Å². The number of rotatable bonds is 8. The smallest absolute Gasteiger partial charge is 0.411 e. The molecule has 0 rings (SSSR count). The van der Waals surface area contributed by atoms with Crippen LogP contribution in [0.15, 0.2) is 0 Å². The van der Waals surface area contributed by atoms with Crippen LogP contribution in [-0.2, 0) is 14.3 Å². The van der Waals surface area contributed by atoms with Gasteiger partial charge in [-0.2, -0.15) is 13.2 Å². The van der Waals surface area contributed by atoms with Gasteiger partial charge in [0.05, 0.1) is 13.7 Å². The Morgan fingerprint density at radius 3 is 2.39 bits per heavy atom. The third-order valence-corrected chi connectivity index (χ3v) is 2.10. The lowest BCUT2D eigenvalue weighted by Crippen LogP contribution is -2.40. The number of hydrogen-bond acceptors (Lipinski definition) is 4. The van der Waals surface area contributed by atoms with E-state index in [0.29, 0.717) is 6.42 Å². The minimum Gasteiger partial charge on any atom is -0.468 e. The topological polar surface area (TPSA) is 47.6 Å². The van der Waals surface area contributed by atoms with Crippen molar-refractivity contribution >= 4 is 5.97 Å². The first-order chi connectivity index (χ1) is 8.26. The van der Waals surface area contributed by atoms with E-state index in [4.69, 9.17) is 0 Å². The van der Waals surface area contributed by atoms with E-state index in [0.717, 1.165) is 0 Å². The summed E-state index contributed by atoms with van der Waals surface area (Å²) < 4.78 is 44.4. The lowest BCUT2D eigenvalue weighted by Gasteiger charge is -2.18. The van der Waals surface area contributed by atoms with Gasteiger partial charge in [-0.15, -0.1) is 0 Å². The van der Waals surface area contributed by atoms with Crippen LogP contribution in [0.4, 0.5) is 13.2 Å². The summed E-state index contributed by atoms with van der Waals surface area (Å²) in [4.78, 5) is 11.4. The molecule has 0 aliphatic carbocycles. The lowest BCUT2D eigenvalue weighted by molar-refractivity contribution is -0.173. The number of ether oxygens (including phenoxy) is 2. The molecule has 0 aliphatic heterocycles. The normalized spacial score (nSPS) is 13.7. The predicted octanol–water partition coefficient (Wildman–Crippen LogP) is 1.74. The van der Waals surface area contributed by atoms with Gasteiger partial charge >= 0.3 is 12.1 Å². The number of carbonyl (C=O) groups is 1. The average molecular weight is 271 g/mol. The highest BCUT2D eigenvalue weighted by molar-refractivity contribution is 5.75. The Morgan fingerprint density at radius 2 is 1.94 bits per heavy atom. The minimum absolute atomic E-state index is 0.106. The molecule has 0 amide bonds. The fraction of sp³-hybridized carbons (Fsp3) is 0.909. The van der Waals surface area contributed by atoms with Crippen LogP contribution >= 0.6 is 0 Å². The fourth-order valence-corrected chi connectivity index (χ4v) is 1.37. The Balaban J connectivity index is 3.86. The van der Waals surface area contributed by atoms with E-state index in [1.54, 1.807) is 0 Å². The highest BCUT2D eigenvalue weighted by Gasteiger charge is 2.27. The predicted molar refractivity (Wildman–Crippen MR) is 60.1 cm³/mol. The van der Waals surface area contributed by atoms with Crippen molar-refractivity contribution in [3.63, 3.8) is 0 Å². The van der Waals surface area contributed by atoms with Crippen LogP contribution < -0.4 is 5.32 Å². The van der Waals surface area contributed by atoms with Crippen molar-refractivity contribution in [2.75, 3.05) is 26.9 Å².